The molecule has 1 heterocycles. The van der Waals surface area contributed by atoms with Crippen molar-refractivity contribution in [2.75, 3.05) is 27.7 Å². The first kappa shape index (κ1) is 29.2. The van der Waals surface area contributed by atoms with E-state index >= 15 is 0 Å². The maximum Gasteiger partial charge on any atom is 0.150 e. The average molecular weight is 542 g/mol. The number of rotatable bonds is 13. The topological polar surface area (TPSA) is 63.5 Å². The Morgan fingerprint density at radius 1 is 1.05 bits per heavy atom. The van der Waals surface area contributed by atoms with Gasteiger partial charge in [-0.15, -0.1) is 0 Å². The van der Waals surface area contributed by atoms with Crippen molar-refractivity contribution in [1.82, 2.24) is 19.7 Å². The summed E-state index contributed by atoms with van der Waals surface area (Å²) in [5, 5.41) is 7.86. The minimum absolute atomic E-state index is 0.236. The number of likely N-dealkylation sites (N-methyl/N-ethyl adjacent to an activating group) is 1. The van der Waals surface area contributed by atoms with Gasteiger partial charge in [0, 0.05) is 51.3 Å². The summed E-state index contributed by atoms with van der Waals surface area (Å²) in [4.78, 5) is 23.2. The van der Waals surface area contributed by atoms with Crippen LogP contribution in [0.2, 0.25) is 0 Å². The minimum atomic E-state index is -0.281. The number of aryl methyl sites for hydroxylation is 2. The Bertz CT molecular complexity index is 1380. The first-order valence-electron chi connectivity index (χ1n) is 13.8. The molecule has 1 aliphatic carbocycles. The minimum Gasteiger partial charge on any atom is -0.382 e. The molecule has 1 aromatic heterocycles. The third kappa shape index (κ3) is 7.21. The third-order valence-electron chi connectivity index (χ3n) is 7.53. The molecular formula is C33H40FN5O. The van der Waals surface area contributed by atoms with Crippen LogP contribution in [-0.4, -0.2) is 60.0 Å². The lowest BCUT2D eigenvalue weighted by atomic mass is 9.89. The first-order valence-corrected chi connectivity index (χ1v) is 13.8. The predicted octanol–water partition coefficient (Wildman–Crippen LogP) is 6.38. The molecule has 1 atom stereocenters. The summed E-state index contributed by atoms with van der Waals surface area (Å²) in [6, 6.07) is 13.3. The molecule has 3 aromatic rings. The van der Waals surface area contributed by atoms with Gasteiger partial charge < -0.3 is 9.80 Å². The number of aldehydes is 1. The summed E-state index contributed by atoms with van der Waals surface area (Å²) >= 11 is 0. The van der Waals surface area contributed by atoms with Gasteiger partial charge in [-0.05, 0) is 116 Å². The van der Waals surface area contributed by atoms with Crippen LogP contribution in [0.15, 0.2) is 61.1 Å². The van der Waals surface area contributed by atoms with Gasteiger partial charge in [-0.25, -0.2) is 4.39 Å². The van der Waals surface area contributed by atoms with Crippen LogP contribution in [0.1, 0.15) is 57.2 Å². The molecule has 0 spiro atoms. The number of benzene rings is 2. The largest absolute Gasteiger partial charge is 0.382 e. The second kappa shape index (κ2) is 13.0. The highest BCUT2D eigenvalue weighted by Crippen LogP contribution is 2.44. The number of halogens is 1. The van der Waals surface area contributed by atoms with E-state index in [0.717, 1.165) is 46.3 Å². The zero-order chi connectivity index (χ0) is 28.8. The van der Waals surface area contributed by atoms with Gasteiger partial charge in [0.05, 0.1) is 18.1 Å². The lowest BCUT2D eigenvalue weighted by Gasteiger charge is -2.29. The Hall–Kier alpha value is -3.84. The molecule has 2 aromatic carbocycles. The van der Waals surface area contributed by atoms with Crippen molar-refractivity contribution in [1.29, 1.82) is 5.41 Å². The second-order valence-electron chi connectivity index (χ2n) is 11.1. The van der Waals surface area contributed by atoms with E-state index in [-0.39, 0.29) is 11.9 Å². The summed E-state index contributed by atoms with van der Waals surface area (Å²) < 4.78 is 14.1. The van der Waals surface area contributed by atoms with Crippen LogP contribution >= 0.6 is 0 Å². The lowest BCUT2D eigenvalue weighted by Crippen LogP contribution is -2.29. The molecule has 1 fully saturated rings. The maximum absolute atomic E-state index is 14.1. The van der Waals surface area contributed by atoms with E-state index in [1.165, 1.54) is 36.9 Å². The Labute approximate surface area is 237 Å². The van der Waals surface area contributed by atoms with Gasteiger partial charge in [-0.1, -0.05) is 6.07 Å². The van der Waals surface area contributed by atoms with Crippen LogP contribution in [0.3, 0.4) is 0 Å². The maximum atomic E-state index is 14.1. The van der Waals surface area contributed by atoms with E-state index in [9.17, 15) is 9.18 Å². The van der Waals surface area contributed by atoms with E-state index in [0.29, 0.717) is 24.4 Å². The summed E-state index contributed by atoms with van der Waals surface area (Å²) in [7, 11) is 5.99. The summed E-state index contributed by atoms with van der Waals surface area (Å²) in [5.41, 5.74) is 7.46. The standard InChI is InChI=1S/C33H40FN5O/c1-23-10-12-36-32(16-23)33(26-6-7-26)38(5)13-11-30-27(21-40)18-25(20-39(22-35)15-14-37(3)4)19-31(30)29-9-8-28(34)17-24(29)2/h8-10,12,14-19,21-22,26,33,35H,6-7,11,13,20H2,1-5H3/b15-14-,35-22?. The second-order valence-corrected chi connectivity index (χ2v) is 11.1. The van der Waals surface area contributed by atoms with Crippen LogP contribution < -0.4 is 0 Å². The molecule has 1 unspecified atom stereocenters. The van der Waals surface area contributed by atoms with Gasteiger partial charge in [0.25, 0.3) is 0 Å². The summed E-state index contributed by atoms with van der Waals surface area (Å²) in [5.74, 6) is 0.310. The molecule has 1 saturated carbocycles. The van der Waals surface area contributed by atoms with E-state index in [4.69, 9.17) is 10.4 Å². The Morgan fingerprint density at radius 3 is 2.45 bits per heavy atom. The Balaban J connectivity index is 1.70. The van der Waals surface area contributed by atoms with E-state index < -0.39 is 0 Å². The molecule has 6 nitrogen and oxygen atoms in total. The number of aromatic nitrogens is 1. The van der Waals surface area contributed by atoms with Crippen molar-refractivity contribution in [3.05, 3.63) is 100 Å². The molecule has 0 saturated heterocycles. The van der Waals surface area contributed by atoms with Crippen molar-refractivity contribution >= 4 is 12.6 Å². The molecule has 0 bridgehead atoms. The smallest absolute Gasteiger partial charge is 0.150 e. The Kier molecular flexibility index (Phi) is 9.48. The molecule has 0 radical (unpaired) electrons. The highest BCUT2D eigenvalue weighted by molar-refractivity contribution is 5.84. The van der Waals surface area contributed by atoms with Crippen molar-refractivity contribution in [2.24, 2.45) is 5.92 Å². The third-order valence-corrected chi connectivity index (χ3v) is 7.53. The monoisotopic (exact) mass is 541 g/mol. The van der Waals surface area contributed by atoms with E-state index in [1.807, 2.05) is 56.6 Å². The van der Waals surface area contributed by atoms with Gasteiger partial charge >= 0.3 is 0 Å². The molecule has 4 rings (SSSR count). The fourth-order valence-electron chi connectivity index (χ4n) is 5.36. The SMILES string of the molecule is Cc1ccnc(C(C2CC2)N(C)CCc2c(C=O)cc(CN(C=N)/C=C\N(C)C)cc2-c2ccc(F)cc2C)c1. The molecular weight excluding hydrogens is 501 g/mol. The highest BCUT2D eigenvalue weighted by Gasteiger charge is 2.36. The predicted molar refractivity (Wildman–Crippen MR) is 160 cm³/mol. The van der Waals surface area contributed by atoms with E-state index in [1.54, 1.807) is 11.0 Å². The Morgan fingerprint density at radius 2 is 1.82 bits per heavy atom. The van der Waals surface area contributed by atoms with Crippen LogP contribution in [0.5, 0.6) is 0 Å². The van der Waals surface area contributed by atoms with Crippen LogP contribution in [0.25, 0.3) is 11.1 Å². The fraction of sp³-hybridized carbons (Fsp3) is 0.364. The van der Waals surface area contributed by atoms with E-state index in [2.05, 4.69) is 31.0 Å². The average Bonchev–Trinajstić information content (AvgIpc) is 3.75. The molecule has 1 N–H and O–H groups in total. The number of carbonyl (C=O) groups is 1. The van der Waals surface area contributed by atoms with Gasteiger partial charge in [0.1, 0.15) is 12.1 Å². The van der Waals surface area contributed by atoms with Gasteiger partial charge in [-0.3, -0.25) is 20.1 Å². The summed E-state index contributed by atoms with van der Waals surface area (Å²) in [6.45, 7) is 5.19. The van der Waals surface area contributed by atoms with Crippen molar-refractivity contribution in [3.8, 4) is 11.1 Å². The van der Waals surface area contributed by atoms with Gasteiger partial charge in [-0.2, -0.15) is 0 Å². The molecule has 7 heteroatoms. The number of nitrogens with one attached hydrogen (secondary N) is 1. The molecule has 0 amide bonds. The molecule has 40 heavy (non-hydrogen) atoms. The lowest BCUT2D eigenvalue weighted by molar-refractivity contribution is 0.112. The zero-order valence-electron chi connectivity index (χ0n) is 24.2. The molecule has 210 valence electrons. The van der Waals surface area contributed by atoms with Gasteiger partial charge in [0.15, 0.2) is 0 Å². The van der Waals surface area contributed by atoms with Crippen molar-refractivity contribution in [3.63, 3.8) is 0 Å². The summed E-state index contributed by atoms with van der Waals surface area (Å²) in [6.07, 6.45) is 10.8. The van der Waals surface area contributed by atoms with Crippen LogP contribution in [-0.2, 0) is 13.0 Å². The first-order chi connectivity index (χ1) is 19.2. The number of hydrogen-bond donors (Lipinski definition) is 1. The number of hydrogen-bond acceptors (Lipinski definition) is 5. The van der Waals surface area contributed by atoms with Gasteiger partial charge in [0.2, 0.25) is 0 Å². The van der Waals surface area contributed by atoms with Crippen LogP contribution in [0, 0.1) is 31.0 Å². The number of pyridine rings is 1. The normalized spacial score (nSPS) is 14.0. The fourth-order valence-corrected chi connectivity index (χ4v) is 5.36. The van der Waals surface area contributed by atoms with Crippen molar-refractivity contribution in [2.45, 2.75) is 45.7 Å². The zero-order valence-corrected chi connectivity index (χ0v) is 24.2. The molecule has 1 aliphatic rings. The van der Waals surface area contributed by atoms with Crippen molar-refractivity contribution < 1.29 is 9.18 Å². The quantitative estimate of drug-likeness (QED) is 0.154. The number of nitrogens with zero attached hydrogens (tertiary/aromatic N) is 4. The molecule has 0 aliphatic heterocycles. The highest BCUT2D eigenvalue weighted by atomic mass is 19.1. The van der Waals surface area contributed by atoms with Crippen LogP contribution in [0.4, 0.5) is 4.39 Å². The number of carbonyl (C=O) groups excluding carboxylic acids is 1.